The Bertz CT molecular complexity index is 725. The molecular weight excluding hydrogens is 356 g/mol. The quantitative estimate of drug-likeness (QED) is 0.736. The summed E-state index contributed by atoms with van der Waals surface area (Å²) in [6, 6.07) is 3.97. The highest BCUT2D eigenvalue weighted by Crippen LogP contribution is 2.19. The number of halogens is 2. The van der Waals surface area contributed by atoms with E-state index in [0.717, 1.165) is 37.1 Å². The number of benzene rings is 1. The summed E-state index contributed by atoms with van der Waals surface area (Å²) in [6.45, 7) is 2.94. The van der Waals surface area contributed by atoms with Crippen LogP contribution in [0.2, 0.25) is 0 Å². The molecule has 0 N–H and O–H groups in total. The molecule has 0 aromatic heterocycles. The Morgan fingerprint density at radius 1 is 1.20 bits per heavy atom. The monoisotopic (exact) mass is 375 g/mol. The molecule has 1 aliphatic rings. The Kier molecular flexibility index (Phi) is 6.10. The zero-order valence-electron chi connectivity index (χ0n) is 13.7. The van der Waals surface area contributed by atoms with E-state index in [1.165, 1.54) is 0 Å². The summed E-state index contributed by atoms with van der Waals surface area (Å²) in [5.74, 6) is -4.08. The van der Waals surface area contributed by atoms with Crippen LogP contribution in [-0.4, -0.2) is 50.6 Å². The normalized spacial score (nSPS) is 16.1. The van der Waals surface area contributed by atoms with Crippen molar-refractivity contribution in [1.29, 1.82) is 0 Å². The van der Waals surface area contributed by atoms with E-state index in [2.05, 4.69) is 6.92 Å². The summed E-state index contributed by atoms with van der Waals surface area (Å²) < 4.78 is 52.4. The molecule has 1 fully saturated rings. The fourth-order valence-electron chi connectivity index (χ4n) is 2.44. The Morgan fingerprint density at radius 3 is 2.28 bits per heavy atom. The van der Waals surface area contributed by atoms with Crippen LogP contribution in [-0.2, 0) is 19.4 Å². The molecule has 0 saturated carbocycles. The minimum absolute atomic E-state index is 0.0201. The molecule has 1 amide bonds. The van der Waals surface area contributed by atoms with Gasteiger partial charge < -0.3 is 9.64 Å². The minimum atomic E-state index is -4.71. The van der Waals surface area contributed by atoms with Crippen LogP contribution in [0.25, 0.3) is 0 Å². The highest BCUT2D eigenvalue weighted by molar-refractivity contribution is 7.91. The van der Waals surface area contributed by atoms with Gasteiger partial charge in [0.25, 0.3) is 5.91 Å². The maximum Gasteiger partial charge on any atom is 0.341 e. The number of carbonyl (C=O) groups is 2. The van der Waals surface area contributed by atoms with E-state index in [4.69, 9.17) is 4.74 Å². The predicted molar refractivity (Wildman–Crippen MR) is 84.9 cm³/mol. The fraction of sp³-hybridized carbons (Fsp3) is 0.500. The van der Waals surface area contributed by atoms with Crippen molar-refractivity contribution in [2.24, 2.45) is 5.92 Å². The van der Waals surface area contributed by atoms with Crippen LogP contribution in [0.4, 0.5) is 8.78 Å². The first-order chi connectivity index (χ1) is 11.7. The summed E-state index contributed by atoms with van der Waals surface area (Å²) >= 11 is 0. The lowest BCUT2D eigenvalue weighted by Gasteiger charge is -2.30. The number of carbonyl (C=O) groups excluding carboxylic acids is 2. The Morgan fingerprint density at radius 2 is 1.76 bits per heavy atom. The second kappa shape index (κ2) is 7.90. The first kappa shape index (κ1) is 19.3. The van der Waals surface area contributed by atoms with Crippen LogP contribution in [0.5, 0.6) is 0 Å². The van der Waals surface area contributed by atoms with Crippen molar-refractivity contribution in [3.63, 3.8) is 0 Å². The molecule has 138 valence electrons. The van der Waals surface area contributed by atoms with E-state index in [1.807, 2.05) is 0 Å². The second-order valence-corrected chi connectivity index (χ2v) is 7.89. The zero-order valence-corrected chi connectivity index (χ0v) is 14.5. The molecule has 1 aromatic carbocycles. The fourth-order valence-corrected chi connectivity index (χ4v) is 3.16. The number of alkyl halides is 2. The van der Waals surface area contributed by atoms with Crippen LogP contribution in [0.1, 0.15) is 30.1 Å². The van der Waals surface area contributed by atoms with E-state index in [0.29, 0.717) is 19.0 Å². The van der Waals surface area contributed by atoms with Crippen LogP contribution in [0, 0.1) is 5.92 Å². The lowest BCUT2D eigenvalue weighted by molar-refractivity contribution is -0.135. The first-order valence-electron chi connectivity index (χ1n) is 7.79. The summed E-state index contributed by atoms with van der Waals surface area (Å²) in [6.07, 6.45) is 1.81. The third-order valence-corrected chi connectivity index (χ3v) is 5.51. The third-order valence-electron chi connectivity index (χ3n) is 4.12. The van der Waals surface area contributed by atoms with Gasteiger partial charge in [-0.15, -0.1) is 0 Å². The number of likely N-dealkylation sites (tertiary alicyclic amines) is 1. The average molecular weight is 375 g/mol. The van der Waals surface area contributed by atoms with Crippen molar-refractivity contribution in [3.8, 4) is 0 Å². The summed E-state index contributed by atoms with van der Waals surface area (Å²) in [5, 5.41) is 0. The van der Waals surface area contributed by atoms with Gasteiger partial charge in [0.1, 0.15) is 0 Å². The summed E-state index contributed by atoms with van der Waals surface area (Å²) in [5.41, 5.74) is -0.0201. The van der Waals surface area contributed by atoms with Gasteiger partial charge in [0, 0.05) is 13.1 Å². The maximum absolute atomic E-state index is 12.4. The van der Waals surface area contributed by atoms with Gasteiger partial charge in [-0.25, -0.2) is 13.2 Å². The van der Waals surface area contributed by atoms with Gasteiger partial charge in [-0.05, 0) is 43.0 Å². The molecule has 1 aromatic rings. The Balaban J connectivity index is 1.92. The topological polar surface area (TPSA) is 80.8 Å². The smallest absolute Gasteiger partial charge is 0.341 e. The predicted octanol–water partition coefficient (Wildman–Crippen LogP) is 2.10. The van der Waals surface area contributed by atoms with Gasteiger partial charge in [0.15, 0.2) is 6.61 Å². The molecule has 0 spiro atoms. The molecule has 0 bridgehead atoms. The number of hydrogen-bond acceptors (Lipinski definition) is 5. The standard InChI is InChI=1S/C16H19F2NO5S/c1-11-6-8-19(9-7-11)14(20)10-24-15(21)12-2-4-13(5-3-12)25(22,23)16(17)18/h2-5,11,16H,6-10H2,1H3. The number of amides is 1. The molecule has 25 heavy (non-hydrogen) atoms. The zero-order chi connectivity index (χ0) is 18.6. The van der Waals surface area contributed by atoms with Crippen molar-refractivity contribution in [2.45, 2.75) is 30.4 Å². The van der Waals surface area contributed by atoms with Gasteiger partial charge in [-0.2, -0.15) is 8.78 Å². The number of esters is 1. The maximum atomic E-state index is 12.4. The highest BCUT2D eigenvalue weighted by Gasteiger charge is 2.27. The Hall–Kier alpha value is -2.03. The SMILES string of the molecule is CC1CCN(C(=O)COC(=O)c2ccc(S(=O)(=O)C(F)F)cc2)CC1. The van der Waals surface area contributed by atoms with E-state index in [-0.39, 0.29) is 11.5 Å². The molecule has 1 saturated heterocycles. The van der Waals surface area contributed by atoms with E-state index < -0.39 is 33.1 Å². The second-order valence-electron chi connectivity index (χ2n) is 5.97. The van der Waals surface area contributed by atoms with E-state index >= 15 is 0 Å². The van der Waals surface area contributed by atoms with Crippen molar-refractivity contribution in [1.82, 2.24) is 4.90 Å². The van der Waals surface area contributed by atoms with E-state index in [1.54, 1.807) is 4.90 Å². The molecular formula is C16H19F2NO5S. The third kappa shape index (κ3) is 4.75. The Labute approximate surface area is 144 Å². The van der Waals surface area contributed by atoms with Gasteiger partial charge >= 0.3 is 11.7 Å². The lowest BCUT2D eigenvalue weighted by atomic mass is 9.99. The largest absolute Gasteiger partial charge is 0.452 e. The van der Waals surface area contributed by atoms with Crippen molar-refractivity contribution in [2.75, 3.05) is 19.7 Å². The lowest BCUT2D eigenvalue weighted by Crippen LogP contribution is -2.40. The molecule has 0 aliphatic carbocycles. The first-order valence-corrected chi connectivity index (χ1v) is 9.33. The number of piperidine rings is 1. The number of nitrogens with zero attached hydrogens (tertiary/aromatic N) is 1. The average Bonchev–Trinajstić information content (AvgIpc) is 2.60. The summed E-state index contributed by atoms with van der Waals surface area (Å²) in [7, 11) is -4.71. The van der Waals surface area contributed by atoms with Crippen LogP contribution >= 0.6 is 0 Å². The summed E-state index contributed by atoms with van der Waals surface area (Å²) in [4.78, 5) is 24.9. The van der Waals surface area contributed by atoms with Crippen LogP contribution in [0.15, 0.2) is 29.2 Å². The molecule has 6 nitrogen and oxygen atoms in total. The molecule has 0 atom stereocenters. The van der Waals surface area contributed by atoms with Crippen molar-refractivity contribution < 1.29 is 31.5 Å². The van der Waals surface area contributed by atoms with Gasteiger partial charge in [-0.3, -0.25) is 4.79 Å². The van der Waals surface area contributed by atoms with Crippen molar-refractivity contribution in [3.05, 3.63) is 29.8 Å². The minimum Gasteiger partial charge on any atom is -0.452 e. The van der Waals surface area contributed by atoms with Gasteiger partial charge in [-0.1, -0.05) is 6.92 Å². The molecule has 0 radical (unpaired) electrons. The van der Waals surface area contributed by atoms with Crippen LogP contribution in [0.3, 0.4) is 0 Å². The molecule has 0 unspecified atom stereocenters. The highest BCUT2D eigenvalue weighted by atomic mass is 32.2. The number of sulfone groups is 1. The van der Waals surface area contributed by atoms with Crippen molar-refractivity contribution >= 4 is 21.7 Å². The number of rotatable bonds is 5. The van der Waals surface area contributed by atoms with Crippen LogP contribution < -0.4 is 0 Å². The molecule has 1 aliphatic heterocycles. The van der Waals surface area contributed by atoms with Gasteiger partial charge in [0.05, 0.1) is 10.5 Å². The molecule has 2 rings (SSSR count). The molecule has 1 heterocycles. The molecule has 9 heteroatoms. The van der Waals surface area contributed by atoms with Gasteiger partial charge in [0.2, 0.25) is 9.84 Å². The number of hydrogen-bond donors (Lipinski definition) is 0. The number of ether oxygens (including phenoxy) is 1. The van der Waals surface area contributed by atoms with E-state index in [9.17, 15) is 26.8 Å².